The summed E-state index contributed by atoms with van der Waals surface area (Å²) in [5, 5.41) is 11.0. The number of hydrogen-bond acceptors (Lipinski definition) is 6. The second-order valence-electron chi connectivity index (χ2n) is 5.51. The standard InChI is InChI=1S/C16H15FN4O2S2/c17-12-3-1-11(2-4-12)13-9-24-15-18-19-16(21(13)15)25-10-14(22)20-5-7-23-8-6-20/h1-4,9H,5-8,10H2. The number of aromatic nitrogens is 3. The minimum absolute atomic E-state index is 0.0728. The molecule has 0 bridgehead atoms. The Labute approximate surface area is 151 Å². The van der Waals surface area contributed by atoms with E-state index in [0.29, 0.717) is 37.2 Å². The summed E-state index contributed by atoms with van der Waals surface area (Å²) < 4.78 is 20.3. The number of rotatable bonds is 4. The van der Waals surface area contributed by atoms with Crippen molar-refractivity contribution in [2.75, 3.05) is 32.1 Å². The molecule has 3 heterocycles. The first-order valence-corrected chi connectivity index (χ1v) is 9.66. The monoisotopic (exact) mass is 378 g/mol. The normalized spacial score (nSPS) is 15.0. The van der Waals surface area contributed by atoms with Gasteiger partial charge >= 0.3 is 0 Å². The molecule has 0 radical (unpaired) electrons. The molecule has 130 valence electrons. The zero-order valence-electron chi connectivity index (χ0n) is 13.2. The van der Waals surface area contributed by atoms with Crippen molar-refractivity contribution in [3.05, 3.63) is 35.5 Å². The Hall–Kier alpha value is -1.97. The average Bonchev–Trinajstić information content (AvgIpc) is 3.24. The first-order valence-electron chi connectivity index (χ1n) is 7.79. The Morgan fingerprint density at radius 2 is 2.00 bits per heavy atom. The molecular weight excluding hydrogens is 363 g/mol. The number of carbonyl (C=O) groups is 1. The molecule has 1 amide bonds. The zero-order valence-corrected chi connectivity index (χ0v) is 14.9. The SMILES string of the molecule is O=C(CSc1nnc2scc(-c3ccc(F)cc3)n12)N1CCOCC1. The van der Waals surface area contributed by atoms with Crippen LogP contribution in [0.2, 0.25) is 0 Å². The van der Waals surface area contributed by atoms with Crippen LogP contribution in [0.4, 0.5) is 4.39 Å². The van der Waals surface area contributed by atoms with Gasteiger partial charge in [-0.3, -0.25) is 9.20 Å². The second kappa shape index (κ2) is 7.11. The van der Waals surface area contributed by atoms with Gasteiger partial charge in [0.2, 0.25) is 10.9 Å². The molecule has 0 saturated carbocycles. The van der Waals surface area contributed by atoms with Crippen LogP contribution >= 0.6 is 23.1 Å². The number of morpholine rings is 1. The lowest BCUT2D eigenvalue weighted by atomic mass is 10.2. The summed E-state index contributed by atoms with van der Waals surface area (Å²) in [6.45, 7) is 2.44. The van der Waals surface area contributed by atoms with Crippen LogP contribution in [0.15, 0.2) is 34.8 Å². The molecule has 1 aliphatic heterocycles. The molecule has 0 N–H and O–H groups in total. The lowest BCUT2D eigenvalue weighted by molar-refractivity contribution is -0.132. The van der Waals surface area contributed by atoms with Crippen molar-refractivity contribution in [3.63, 3.8) is 0 Å². The van der Waals surface area contributed by atoms with Gasteiger partial charge in [0.05, 0.1) is 24.7 Å². The first kappa shape index (κ1) is 16.5. The highest BCUT2D eigenvalue weighted by Crippen LogP contribution is 2.30. The van der Waals surface area contributed by atoms with E-state index in [0.717, 1.165) is 16.2 Å². The molecule has 0 unspecified atom stereocenters. The lowest BCUT2D eigenvalue weighted by Gasteiger charge is -2.26. The van der Waals surface area contributed by atoms with Gasteiger partial charge in [-0.15, -0.1) is 21.5 Å². The maximum Gasteiger partial charge on any atom is 0.233 e. The minimum Gasteiger partial charge on any atom is -0.378 e. The number of benzene rings is 1. The fraction of sp³-hybridized carbons (Fsp3) is 0.312. The maximum absolute atomic E-state index is 13.2. The third-order valence-electron chi connectivity index (χ3n) is 3.95. The van der Waals surface area contributed by atoms with E-state index in [1.54, 1.807) is 12.1 Å². The summed E-state index contributed by atoms with van der Waals surface area (Å²) in [4.78, 5) is 14.9. The third-order valence-corrected chi connectivity index (χ3v) is 5.68. The van der Waals surface area contributed by atoms with Crippen molar-refractivity contribution in [2.45, 2.75) is 5.16 Å². The van der Waals surface area contributed by atoms with E-state index in [2.05, 4.69) is 10.2 Å². The molecule has 2 aromatic heterocycles. The summed E-state index contributed by atoms with van der Waals surface area (Å²) in [5.41, 5.74) is 1.78. The fourth-order valence-electron chi connectivity index (χ4n) is 2.64. The van der Waals surface area contributed by atoms with Crippen molar-refractivity contribution < 1.29 is 13.9 Å². The van der Waals surface area contributed by atoms with Crippen molar-refractivity contribution >= 4 is 34.0 Å². The molecule has 1 aliphatic rings. The van der Waals surface area contributed by atoms with Crippen LogP contribution in [0.1, 0.15) is 0 Å². The topological polar surface area (TPSA) is 59.7 Å². The molecule has 3 aromatic rings. The highest BCUT2D eigenvalue weighted by atomic mass is 32.2. The predicted octanol–water partition coefficient (Wildman–Crippen LogP) is 2.55. The molecule has 9 heteroatoms. The maximum atomic E-state index is 13.2. The summed E-state index contributed by atoms with van der Waals surface area (Å²) >= 11 is 2.83. The Morgan fingerprint density at radius 3 is 2.76 bits per heavy atom. The molecule has 4 rings (SSSR count). The van der Waals surface area contributed by atoms with Gasteiger partial charge in [0.25, 0.3) is 0 Å². The highest BCUT2D eigenvalue weighted by molar-refractivity contribution is 7.99. The molecule has 0 aliphatic carbocycles. The van der Waals surface area contributed by atoms with Crippen LogP contribution in [0.5, 0.6) is 0 Å². The van der Waals surface area contributed by atoms with Crippen LogP contribution in [-0.4, -0.2) is 57.5 Å². The van der Waals surface area contributed by atoms with Crippen LogP contribution in [-0.2, 0) is 9.53 Å². The van der Waals surface area contributed by atoms with Crippen molar-refractivity contribution in [1.29, 1.82) is 0 Å². The Morgan fingerprint density at radius 1 is 1.24 bits per heavy atom. The highest BCUT2D eigenvalue weighted by Gasteiger charge is 2.19. The molecule has 0 atom stereocenters. The number of halogens is 1. The summed E-state index contributed by atoms with van der Waals surface area (Å²) in [7, 11) is 0. The molecule has 1 aromatic carbocycles. The third kappa shape index (κ3) is 3.39. The van der Waals surface area contributed by atoms with E-state index in [4.69, 9.17) is 4.74 Å². The molecule has 25 heavy (non-hydrogen) atoms. The number of nitrogens with zero attached hydrogens (tertiary/aromatic N) is 4. The van der Waals surface area contributed by atoms with E-state index in [1.807, 2.05) is 14.7 Å². The van der Waals surface area contributed by atoms with E-state index >= 15 is 0 Å². The first-order chi connectivity index (χ1) is 12.2. The van der Waals surface area contributed by atoms with Gasteiger partial charge in [0.1, 0.15) is 5.82 Å². The van der Waals surface area contributed by atoms with Gasteiger partial charge in [-0.25, -0.2) is 4.39 Å². The van der Waals surface area contributed by atoms with Gasteiger partial charge in [-0.05, 0) is 29.8 Å². The summed E-state index contributed by atoms with van der Waals surface area (Å²) in [6.07, 6.45) is 0. The Bertz CT molecular complexity index is 887. The van der Waals surface area contributed by atoms with Gasteiger partial charge < -0.3 is 9.64 Å². The largest absolute Gasteiger partial charge is 0.378 e. The van der Waals surface area contributed by atoms with Gasteiger partial charge in [0.15, 0.2) is 5.16 Å². The van der Waals surface area contributed by atoms with Crippen molar-refractivity contribution in [1.82, 2.24) is 19.5 Å². The van der Waals surface area contributed by atoms with Crippen LogP contribution in [0, 0.1) is 5.82 Å². The zero-order chi connectivity index (χ0) is 17.2. The van der Waals surface area contributed by atoms with Crippen molar-refractivity contribution in [2.24, 2.45) is 0 Å². The van der Waals surface area contributed by atoms with E-state index in [9.17, 15) is 9.18 Å². The Balaban J connectivity index is 1.55. The number of ether oxygens (including phenoxy) is 1. The molecule has 1 fully saturated rings. The fourth-order valence-corrected chi connectivity index (χ4v) is 4.38. The van der Waals surface area contributed by atoms with Crippen LogP contribution in [0.3, 0.4) is 0 Å². The summed E-state index contributed by atoms with van der Waals surface area (Å²) in [5.74, 6) is 0.104. The number of hydrogen-bond donors (Lipinski definition) is 0. The van der Waals surface area contributed by atoms with Gasteiger partial charge in [-0.1, -0.05) is 11.8 Å². The average molecular weight is 378 g/mol. The van der Waals surface area contributed by atoms with Gasteiger partial charge in [-0.2, -0.15) is 0 Å². The van der Waals surface area contributed by atoms with Crippen LogP contribution in [0.25, 0.3) is 16.2 Å². The van der Waals surface area contributed by atoms with E-state index in [1.165, 1.54) is 35.2 Å². The minimum atomic E-state index is -0.273. The van der Waals surface area contributed by atoms with E-state index in [-0.39, 0.29) is 11.7 Å². The number of thioether (sulfide) groups is 1. The predicted molar refractivity (Wildman–Crippen MR) is 94.4 cm³/mol. The smallest absolute Gasteiger partial charge is 0.233 e. The lowest BCUT2D eigenvalue weighted by Crippen LogP contribution is -2.41. The van der Waals surface area contributed by atoms with Crippen LogP contribution < -0.4 is 0 Å². The second-order valence-corrected chi connectivity index (χ2v) is 7.29. The van der Waals surface area contributed by atoms with E-state index < -0.39 is 0 Å². The quantitative estimate of drug-likeness (QED) is 0.653. The number of thiazole rings is 1. The number of amides is 1. The van der Waals surface area contributed by atoms with Crippen molar-refractivity contribution in [3.8, 4) is 11.3 Å². The number of fused-ring (bicyclic) bond motifs is 1. The molecule has 6 nitrogen and oxygen atoms in total. The molecule has 1 saturated heterocycles. The molecule has 0 spiro atoms. The molecular formula is C16H15FN4O2S2. The summed E-state index contributed by atoms with van der Waals surface area (Å²) in [6, 6.07) is 6.31. The Kier molecular flexibility index (Phi) is 4.69. The number of carbonyl (C=O) groups excluding carboxylic acids is 1. The van der Waals surface area contributed by atoms with Gasteiger partial charge in [0, 0.05) is 18.5 Å².